The van der Waals surface area contributed by atoms with E-state index in [1.165, 1.54) is 11.8 Å². The second-order valence-corrected chi connectivity index (χ2v) is 6.52. The van der Waals surface area contributed by atoms with E-state index in [0.29, 0.717) is 17.5 Å². The number of rotatable bonds is 6. The lowest BCUT2D eigenvalue weighted by Crippen LogP contribution is -2.28. The van der Waals surface area contributed by atoms with Crippen molar-refractivity contribution in [3.8, 4) is 11.5 Å². The number of aromatic nitrogens is 3. The minimum Gasteiger partial charge on any atom is -0.349 e. The summed E-state index contributed by atoms with van der Waals surface area (Å²) in [6.45, 7) is 3.73. The predicted molar refractivity (Wildman–Crippen MR) is 96.0 cm³/mol. The first-order valence-corrected chi connectivity index (χ1v) is 8.84. The summed E-state index contributed by atoms with van der Waals surface area (Å²) in [4.78, 5) is 20.6. The number of thioether (sulfide) groups is 1. The van der Waals surface area contributed by atoms with Crippen LogP contribution in [0, 0.1) is 6.92 Å². The zero-order valence-electron chi connectivity index (χ0n) is 14.0. The van der Waals surface area contributed by atoms with E-state index in [9.17, 15) is 4.79 Å². The lowest BCUT2D eigenvalue weighted by molar-refractivity contribution is -0.119. The second-order valence-electron chi connectivity index (χ2n) is 5.52. The molecule has 0 aliphatic carbocycles. The van der Waals surface area contributed by atoms with Crippen LogP contribution in [0.5, 0.6) is 0 Å². The highest BCUT2D eigenvalue weighted by Gasteiger charge is 2.11. The number of nitrogens with zero attached hydrogens (tertiary/aromatic N) is 3. The van der Waals surface area contributed by atoms with Gasteiger partial charge in [0.25, 0.3) is 5.89 Å². The third kappa shape index (κ3) is 4.67. The van der Waals surface area contributed by atoms with Crippen LogP contribution in [-0.2, 0) is 4.79 Å². The Bertz CT molecular complexity index is 834. The van der Waals surface area contributed by atoms with Crippen LogP contribution in [-0.4, -0.2) is 26.8 Å². The molecule has 2 aromatic heterocycles. The highest BCUT2D eigenvalue weighted by atomic mass is 32.2. The smallest absolute Gasteiger partial charge is 0.259 e. The Labute approximate surface area is 150 Å². The topological polar surface area (TPSA) is 80.9 Å². The van der Waals surface area contributed by atoms with Crippen LogP contribution in [0.4, 0.5) is 0 Å². The van der Waals surface area contributed by atoms with E-state index >= 15 is 0 Å². The van der Waals surface area contributed by atoms with E-state index in [4.69, 9.17) is 4.52 Å². The molecule has 6 nitrogen and oxygen atoms in total. The number of aryl methyl sites for hydroxylation is 1. The summed E-state index contributed by atoms with van der Waals surface area (Å²) in [6.07, 6.45) is 1.67. The molecule has 0 bridgehead atoms. The van der Waals surface area contributed by atoms with Crippen LogP contribution in [0.15, 0.2) is 58.2 Å². The molecule has 2 heterocycles. The maximum Gasteiger partial charge on any atom is 0.259 e. The zero-order valence-corrected chi connectivity index (χ0v) is 14.8. The Morgan fingerprint density at radius 3 is 2.68 bits per heavy atom. The molecular formula is C18H18N4O2S. The molecule has 3 aromatic rings. The molecule has 25 heavy (non-hydrogen) atoms. The van der Waals surface area contributed by atoms with Gasteiger partial charge in [-0.25, -0.2) is 4.98 Å². The summed E-state index contributed by atoms with van der Waals surface area (Å²) in [5, 5.41) is 7.51. The normalized spacial score (nSPS) is 11.9. The van der Waals surface area contributed by atoms with E-state index in [-0.39, 0.29) is 11.9 Å². The predicted octanol–water partition coefficient (Wildman–Crippen LogP) is 3.41. The molecule has 0 radical (unpaired) electrons. The van der Waals surface area contributed by atoms with Crippen molar-refractivity contribution in [2.45, 2.75) is 24.9 Å². The average molecular weight is 354 g/mol. The van der Waals surface area contributed by atoms with Crippen LogP contribution in [0.3, 0.4) is 0 Å². The number of nitrogens with one attached hydrogen (secondary N) is 1. The molecule has 0 aliphatic heterocycles. The number of carbonyl (C=O) groups excluding carboxylic acids is 1. The highest BCUT2D eigenvalue weighted by molar-refractivity contribution is 7.99. The first-order valence-electron chi connectivity index (χ1n) is 7.85. The third-order valence-corrected chi connectivity index (χ3v) is 4.48. The van der Waals surface area contributed by atoms with Crippen molar-refractivity contribution < 1.29 is 9.32 Å². The first kappa shape index (κ1) is 17.2. The van der Waals surface area contributed by atoms with Crippen LogP contribution in [0.2, 0.25) is 0 Å². The number of benzene rings is 1. The van der Waals surface area contributed by atoms with Crippen LogP contribution in [0.1, 0.15) is 24.4 Å². The fourth-order valence-electron chi connectivity index (χ4n) is 2.25. The number of pyridine rings is 1. The van der Waals surface area contributed by atoms with E-state index in [2.05, 4.69) is 20.4 Å². The minimum absolute atomic E-state index is 0.0228. The van der Waals surface area contributed by atoms with Gasteiger partial charge in [0.2, 0.25) is 5.91 Å². The van der Waals surface area contributed by atoms with Crippen molar-refractivity contribution in [3.63, 3.8) is 0 Å². The van der Waals surface area contributed by atoms with Gasteiger partial charge >= 0.3 is 0 Å². The SMILES string of the molecule is Cc1noc(-c2ccc(SCC(=O)N[C@@H](C)c3ccccc3)nc2)n1. The van der Waals surface area contributed by atoms with Crippen molar-refractivity contribution in [1.29, 1.82) is 0 Å². The standard InChI is InChI=1S/C18H18N4O2S/c1-12(14-6-4-3-5-7-14)20-16(23)11-25-17-9-8-15(10-19-17)18-21-13(2)22-24-18/h3-10,12H,11H2,1-2H3,(H,20,23)/t12-/m0/s1. The van der Waals surface area contributed by atoms with Crippen LogP contribution in [0.25, 0.3) is 11.5 Å². The van der Waals surface area contributed by atoms with Gasteiger partial charge in [0.1, 0.15) is 0 Å². The second kappa shape index (κ2) is 7.94. The van der Waals surface area contributed by atoms with Gasteiger partial charge in [0.15, 0.2) is 5.82 Å². The lowest BCUT2D eigenvalue weighted by Gasteiger charge is -2.13. The molecule has 128 valence electrons. The van der Waals surface area contributed by atoms with Crippen molar-refractivity contribution in [2.75, 3.05) is 5.75 Å². The summed E-state index contributed by atoms with van der Waals surface area (Å²) in [7, 11) is 0. The average Bonchev–Trinajstić information content (AvgIpc) is 3.07. The molecule has 0 fully saturated rings. The van der Waals surface area contributed by atoms with Crippen molar-refractivity contribution in [1.82, 2.24) is 20.4 Å². The van der Waals surface area contributed by atoms with E-state index in [1.807, 2.05) is 49.4 Å². The van der Waals surface area contributed by atoms with E-state index in [1.54, 1.807) is 13.1 Å². The Morgan fingerprint density at radius 2 is 2.04 bits per heavy atom. The molecule has 0 spiro atoms. The summed E-state index contributed by atoms with van der Waals surface area (Å²) >= 11 is 1.39. The van der Waals surface area contributed by atoms with Crippen LogP contribution < -0.4 is 5.32 Å². The third-order valence-electron chi connectivity index (χ3n) is 3.54. The number of hydrogen-bond acceptors (Lipinski definition) is 6. The van der Waals surface area contributed by atoms with E-state index in [0.717, 1.165) is 16.2 Å². The Balaban J connectivity index is 1.52. The number of amides is 1. The van der Waals surface area contributed by atoms with Gasteiger partial charge in [0.05, 0.1) is 22.4 Å². The quantitative estimate of drug-likeness (QED) is 0.683. The molecule has 0 unspecified atom stereocenters. The maximum atomic E-state index is 12.1. The van der Waals surface area contributed by atoms with Gasteiger partial charge in [-0.3, -0.25) is 4.79 Å². The largest absolute Gasteiger partial charge is 0.349 e. The fraction of sp³-hybridized carbons (Fsp3) is 0.222. The maximum absolute atomic E-state index is 12.1. The summed E-state index contributed by atoms with van der Waals surface area (Å²) < 4.78 is 5.10. The summed E-state index contributed by atoms with van der Waals surface area (Å²) in [5.41, 5.74) is 1.84. The van der Waals surface area contributed by atoms with Crippen molar-refractivity contribution >= 4 is 17.7 Å². The monoisotopic (exact) mass is 354 g/mol. The van der Waals surface area contributed by atoms with Gasteiger partial charge in [-0.15, -0.1) is 0 Å². The first-order chi connectivity index (χ1) is 12.1. The summed E-state index contributed by atoms with van der Waals surface area (Å²) in [5.74, 6) is 1.30. The Hall–Kier alpha value is -2.67. The highest BCUT2D eigenvalue weighted by Crippen LogP contribution is 2.21. The lowest BCUT2D eigenvalue weighted by atomic mass is 10.1. The van der Waals surface area contributed by atoms with Crippen molar-refractivity contribution in [2.24, 2.45) is 0 Å². The molecule has 7 heteroatoms. The number of carbonyl (C=O) groups is 1. The van der Waals surface area contributed by atoms with Gasteiger partial charge in [-0.05, 0) is 31.5 Å². The molecule has 1 atom stereocenters. The fourth-order valence-corrected chi connectivity index (χ4v) is 2.91. The van der Waals surface area contributed by atoms with Gasteiger partial charge in [0, 0.05) is 6.20 Å². The van der Waals surface area contributed by atoms with E-state index < -0.39 is 0 Å². The van der Waals surface area contributed by atoms with Crippen LogP contribution >= 0.6 is 11.8 Å². The molecule has 0 saturated heterocycles. The van der Waals surface area contributed by atoms with Gasteiger partial charge in [-0.2, -0.15) is 4.98 Å². The molecule has 1 N–H and O–H groups in total. The molecule has 0 saturated carbocycles. The number of hydrogen-bond donors (Lipinski definition) is 1. The van der Waals surface area contributed by atoms with Crippen molar-refractivity contribution in [3.05, 3.63) is 60.0 Å². The van der Waals surface area contributed by atoms with Gasteiger partial charge in [-0.1, -0.05) is 47.3 Å². The summed E-state index contributed by atoms with van der Waals surface area (Å²) in [6, 6.07) is 13.5. The Kier molecular flexibility index (Phi) is 5.45. The molecular weight excluding hydrogens is 336 g/mol. The molecule has 0 aliphatic rings. The molecule has 3 rings (SSSR count). The van der Waals surface area contributed by atoms with Gasteiger partial charge < -0.3 is 9.84 Å². The Morgan fingerprint density at radius 1 is 1.24 bits per heavy atom. The minimum atomic E-state index is -0.0280. The molecule has 1 aromatic carbocycles. The zero-order chi connectivity index (χ0) is 17.6. The molecule has 1 amide bonds.